The molecular formula is C19H18F2O4. The minimum Gasteiger partial charge on any atom is -0.462 e. The monoisotopic (exact) mass is 348 g/mol. The van der Waals surface area contributed by atoms with Crippen LogP contribution in [0.25, 0.3) is 0 Å². The van der Waals surface area contributed by atoms with E-state index in [4.69, 9.17) is 9.47 Å². The van der Waals surface area contributed by atoms with E-state index >= 15 is 0 Å². The van der Waals surface area contributed by atoms with Gasteiger partial charge in [0, 0.05) is 0 Å². The fourth-order valence-electron chi connectivity index (χ4n) is 2.05. The molecule has 2 aromatic rings. The zero-order valence-electron chi connectivity index (χ0n) is 13.5. The van der Waals surface area contributed by atoms with Crippen molar-refractivity contribution in [2.24, 2.45) is 0 Å². The molecule has 2 rings (SSSR count). The van der Waals surface area contributed by atoms with Gasteiger partial charge >= 0.3 is 11.9 Å². The van der Waals surface area contributed by atoms with Gasteiger partial charge in [0.2, 0.25) is 0 Å². The number of halogens is 2. The van der Waals surface area contributed by atoms with Crippen LogP contribution in [-0.4, -0.2) is 25.2 Å². The van der Waals surface area contributed by atoms with Crippen molar-refractivity contribution in [1.29, 1.82) is 0 Å². The summed E-state index contributed by atoms with van der Waals surface area (Å²) in [7, 11) is 0. The summed E-state index contributed by atoms with van der Waals surface area (Å²) in [5.74, 6) is -1.82. The highest BCUT2D eigenvalue weighted by molar-refractivity contribution is 5.89. The van der Waals surface area contributed by atoms with Gasteiger partial charge in [-0.3, -0.25) is 0 Å². The fraction of sp³-hybridized carbons (Fsp3) is 0.263. The zero-order valence-corrected chi connectivity index (χ0v) is 13.5. The van der Waals surface area contributed by atoms with E-state index in [0.717, 1.165) is 0 Å². The summed E-state index contributed by atoms with van der Waals surface area (Å²) in [6.07, 6.45) is 1.97. The standard InChI is InChI=1S/C19H18F2O4/c20-16-8-4-14(5-9-16)18(22)24-12-2-1-3-13-25-19(23)15-6-10-17(21)11-7-15/h4-11H,1-3,12-13H2. The Balaban J connectivity index is 1.56. The normalized spacial score (nSPS) is 10.3. The molecule has 0 heterocycles. The molecule has 0 aliphatic rings. The van der Waals surface area contributed by atoms with Crippen molar-refractivity contribution in [3.63, 3.8) is 0 Å². The van der Waals surface area contributed by atoms with Crippen LogP contribution in [0.1, 0.15) is 40.0 Å². The van der Waals surface area contributed by atoms with Gasteiger partial charge in [0.1, 0.15) is 11.6 Å². The topological polar surface area (TPSA) is 52.6 Å². The molecule has 0 aromatic heterocycles. The lowest BCUT2D eigenvalue weighted by Gasteiger charge is -2.06. The van der Waals surface area contributed by atoms with Crippen molar-refractivity contribution >= 4 is 11.9 Å². The fourth-order valence-corrected chi connectivity index (χ4v) is 2.05. The Morgan fingerprint density at radius 2 is 1.00 bits per heavy atom. The first-order valence-electron chi connectivity index (χ1n) is 7.91. The van der Waals surface area contributed by atoms with E-state index < -0.39 is 23.6 Å². The van der Waals surface area contributed by atoms with E-state index in [0.29, 0.717) is 30.4 Å². The number of esters is 2. The van der Waals surface area contributed by atoms with Crippen LogP contribution in [0.3, 0.4) is 0 Å². The maximum Gasteiger partial charge on any atom is 0.338 e. The van der Waals surface area contributed by atoms with Gasteiger partial charge in [-0.15, -0.1) is 0 Å². The summed E-state index contributed by atoms with van der Waals surface area (Å²) >= 11 is 0. The number of benzene rings is 2. The third kappa shape index (κ3) is 6.33. The number of carbonyl (C=O) groups excluding carboxylic acids is 2. The van der Waals surface area contributed by atoms with Gasteiger partial charge in [-0.25, -0.2) is 18.4 Å². The minimum absolute atomic E-state index is 0.238. The van der Waals surface area contributed by atoms with Gasteiger partial charge in [0.25, 0.3) is 0 Å². The Morgan fingerprint density at radius 3 is 1.36 bits per heavy atom. The summed E-state index contributed by atoms with van der Waals surface area (Å²) in [6.45, 7) is 0.476. The molecule has 25 heavy (non-hydrogen) atoms. The first kappa shape index (κ1) is 18.6. The number of hydrogen-bond donors (Lipinski definition) is 0. The molecule has 4 nitrogen and oxygen atoms in total. The van der Waals surface area contributed by atoms with Gasteiger partial charge in [0.05, 0.1) is 24.3 Å². The highest BCUT2D eigenvalue weighted by atomic mass is 19.1. The van der Waals surface area contributed by atoms with Crippen LogP contribution in [0.15, 0.2) is 48.5 Å². The van der Waals surface area contributed by atoms with E-state index in [2.05, 4.69) is 0 Å². The lowest BCUT2D eigenvalue weighted by atomic mass is 10.2. The second kappa shape index (κ2) is 9.52. The lowest BCUT2D eigenvalue weighted by molar-refractivity contribution is 0.0478. The molecule has 0 aliphatic heterocycles. The summed E-state index contributed by atoms with van der Waals surface area (Å²) in [5, 5.41) is 0. The predicted molar refractivity (Wildman–Crippen MR) is 87.2 cm³/mol. The summed E-state index contributed by atoms with van der Waals surface area (Å²) < 4.78 is 35.6. The molecule has 0 saturated carbocycles. The molecule has 0 atom stereocenters. The van der Waals surface area contributed by atoms with Crippen LogP contribution in [0, 0.1) is 11.6 Å². The molecule has 132 valence electrons. The van der Waals surface area contributed by atoms with Crippen LogP contribution in [0.4, 0.5) is 8.78 Å². The molecule has 0 bridgehead atoms. The Hall–Kier alpha value is -2.76. The lowest BCUT2D eigenvalue weighted by Crippen LogP contribution is -2.08. The van der Waals surface area contributed by atoms with Crippen LogP contribution in [0.2, 0.25) is 0 Å². The van der Waals surface area contributed by atoms with E-state index in [1.807, 2.05) is 0 Å². The van der Waals surface area contributed by atoms with Gasteiger partial charge in [-0.2, -0.15) is 0 Å². The Morgan fingerprint density at radius 1 is 0.640 bits per heavy atom. The Kier molecular flexibility index (Phi) is 7.07. The maximum absolute atomic E-state index is 12.8. The molecule has 0 unspecified atom stereocenters. The van der Waals surface area contributed by atoms with Crippen molar-refractivity contribution in [1.82, 2.24) is 0 Å². The Bertz CT molecular complexity index is 635. The molecule has 0 N–H and O–H groups in total. The minimum atomic E-state index is -0.497. The zero-order chi connectivity index (χ0) is 18.1. The van der Waals surface area contributed by atoms with Crippen LogP contribution in [0.5, 0.6) is 0 Å². The van der Waals surface area contributed by atoms with Crippen molar-refractivity contribution in [3.05, 3.63) is 71.3 Å². The predicted octanol–water partition coefficient (Wildman–Crippen LogP) is 4.15. The highest BCUT2D eigenvalue weighted by Gasteiger charge is 2.08. The average Bonchev–Trinajstić information content (AvgIpc) is 2.61. The summed E-state index contributed by atoms with van der Waals surface area (Å²) in [5.41, 5.74) is 0.601. The number of ether oxygens (including phenoxy) is 2. The van der Waals surface area contributed by atoms with E-state index in [1.54, 1.807) is 0 Å². The second-order valence-electron chi connectivity index (χ2n) is 5.35. The molecule has 6 heteroatoms. The van der Waals surface area contributed by atoms with Crippen LogP contribution in [-0.2, 0) is 9.47 Å². The van der Waals surface area contributed by atoms with Gasteiger partial charge in [-0.05, 0) is 67.8 Å². The molecule has 2 aromatic carbocycles. The molecule has 0 fully saturated rings. The number of hydrogen-bond acceptors (Lipinski definition) is 4. The largest absolute Gasteiger partial charge is 0.462 e. The van der Waals surface area contributed by atoms with Crippen LogP contribution < -0.4 is 0 Å². The average molecular weight is 348 g/mol. The molecule has 0 aliphatic carbocycles. The SMILES string of the molecule is O=C(OCCCCCOC(=O)c1ccc(F)cc1)c1ccc(F)cc1. The second-order valence-corrected chi connectivity index (χ2v) is 5.35. The van der Waals surface area contributed by atoms with Gasteiger partial charge < -0.3 is 9.47 Å². The summed E-state index contributed by atoms with van der Waals surface area (Å²) in [6, 6.07) is 10.3. The van der Waals surface area contributed by atoms with Crippen LogP contribution >= 0.6 is 0 Å². The molecular weight excluding hydrogens is 330 g/mol. The molecule has 0 amide bonds. The number of rotatable bonds is 8. The van der Waals surface area contributed by atoms with E-state index in [-0.39, 0.29) is 13.2 Å². The molecule has 0 saturated heterocycles. The molecule has 0 radical (unpaired) electrons. The van der Waals surface area contributed by atoms with E-state index in [9.17, 15) is 18.4 Å². The van der Waals surface area contributed by atoms with Gasteiger partial charge in [0.15, 0.2) is 0 Å². The van der Waals surface area contributed by atoms with E-state index in [1.165, 1.54) is 48.5 Å². The summed E-state index contributed by atoms with van der Waals surface area (Å²) in [4.78, 5) is 23.3. The first-order valence-corrected chi connectivity index (χ1v) is 7.91. The number of unbranched alkanes of at least 4 members (excludes halogenated alkanes) is 2. The third-order valence-electron chi connectivity index (χ3n) is 3.41. The van der Waals surface area contributed by atoms with Crippen molar-refractivity contribution in [3.8, 4) is 0 Å². The number of carbonyl (C=O) groups is 2. The quantitative estimate of drug-likeness (QED) is 0.531. The maximum atomic E-state index is 12.8. The first-order chi connectivity index (χ1) is 12.1. The smallest absolute Gasteiger partial charge is 0.338 e. The van der Waals surface area contributed by atoms with Gasteiger partial charge in [-0.1, -0.05) is 0 Å². The van der Waals surface area contributed by atoms with Crippen molar-refractivity contribution in [2.75, 3.05) is 13.2 Å². The third-order valence-corrected chi connectivity index (χ3v) is 3.41. The molecule has 0 spiro atoms. The highest BCUT2D eigenvalue weighted by Crippen LogP contribution is 2.07. The van der Waals surface area contributed by atoms with Crippen molar-refractivity contribution < 1.29 is 27.8 Å². The Labute approximate surface area is 144 Å². The van der Waals surface area contributed by atoms with Crippen molar-refractivity contribution in [2.45, 2.75) is 19.3 Å².